The number of aromatic nitrogens is 1. The highest BCUT2D eigenvalue weighted by atomic mass is 79.9. The fraction of sp³-hybridized carbons (Fsp3) is 0.545. The molecular formula is C11H13BrClN3O. The molecule has 1 atom stereocenters. The first-order chi connectivity index (χ1) is 8.27. The number of halogens is 2. The Morgan fingerprint density at radius 1 is 1.59 bits per heavy atom. The van der Waals surface area contributed by atoms with Crippen molar-refractivity contribution < 1.29 is 4.74 Å². The van der Waals surface area contributed by atoms with Crippen molar-refractivity contribution in [2.75, 3.05) is 31.1 Å². The number of ether oxygens (including phenoxy) is 1. The number of nitrogens with zero attached hydrogens (tertiary/aromatic N) is 2. The van der Waals surface area contributed by atoms with E-state index in [1.54, 1.807) is 6.20 Å². The summed E-state index contributed by atoms with van der Waals surface area (Å²) in [4.78, 5) is 6.77. The second-order valence-corrected chi connectivity index (χ2v) is 5.49. The summed E-state index contributed by atoms with van der Waals surface area (Å²) in [6.45, 7) is 3.60. The normalized spacial score (nSPS) is 23.4. The van der Waals surface area contributed by atoms with Gasteiger partial charge in [0.15, 0.2) is 11.6 Å². The molecule has 0 aromatic carbocycles. The molecule has 17 heavy (non-hydrogen) atoms. The third kappa shape index (κ3) is 2.00. The van der Waals surface area contributed by atoms with Crippen LogP contribution in [0.4, 0.5) is 5.82 Å². The van der Waals surface area contributed by atoms with Gasteiger partial charge in [-0.05, 0) is 15.9 Å². The minimum atomic E-state index is 0.453. The largest absolute Gasteiger partial charge is 0.488 e. The smallest absolute Gasteiger partial charge is 0.181 e. The van der Waals surface area contributed by atoms with Crippen LogP contribution in [0.1, 0.15) is 6.42 Å². The summed E-state index contributed by atoms with van der Waals surface area (Å²) in [5.41, 5.74) is 0. The molecule has 0 bridgehead atoms. The van der Waals surface area contributed by atoms with Gasteiger partial charge in [0.05, 0.1) is 11.1 Å². The first-order valence-corrected chi connectivity index (χ1v) is 6.88. The highest BCUT2D eigenvalue weighted by Gasteiger charge is 2.30. The molecule has 0 unspecified atom stereocenters. The molecule has 3 heterocycles. The molecule has 1 aromatic rings. The van der Waals surface area contributed by atoms with E-state index in [1.165, 1.54) is 0 Å². The lowest BCUT2D eigenvalue weighted by Crippen LogP contribution is -2.51. The van der Waals surface area contributed by atoms with Gasteiger partial charge in [0.25, 0.3) is 0 Å². The summed E-state index contributed by atoms with van der Waals surface area (Å²) < 4.78 is 6.54. The molecule has 0 saturated carbocycles. The minimum Gasteiger partial charge on any atom is -0.488 e. The summed E-state index contributed by atoms with van der Waals surface area (Å²) in [5, 5.41) is 4.02. The molecule has 0 radical (unpaired) electrons. The van der Waals surface area contributed by atoms with Crippen LogP contribution in [0.3, 0.4) is 0 Å². The highest BCUT2D eigenvalue weighted by Crippen LogP contribution is 2.41. The van der Waals surface area contributed by atoms with Gasteiger partial charge in [-0.1, -0.05) is 11.6 Å². The maximum absolute atomic E-state index is 6.26. The fourth-order valence-electron chi connectivity index (χ4n) is 2.37. The number of pyridine rings is 1. The predicted octanol–water partition coefficient (Wildman–Crippen LogP) is 2.06. The van der Waals surface area contributed by atoms with Gasteiger partial charge in [0.2, 0.25) is 0 Å². The van der Waals surface area contributed by atoms with Crippen LogP contribution in [0.25, 0.3) is 0 Å². The van der Waals surface area contributed by atoms with Crippen LogP contribution < -0.4 is 15.0 Å². The lowest BCUT2D eigenvalue weighted by Gasteiger charge is -2.35. The van der Waals surface area contributed by atoms with Crippen molar-refractivity contribution in [2.24, 2.45) is 0 Å². The van der Waals surface area contributed by atoms with Crippen molar-refractivity contribution >= 4 is 33.3 Å². The van der Waals surface area contributed by atoms with Crippen molar-refractivity contribution in [2.45, 2.75) is 12.5 Å². The topological polar surface area (TPSA) is 37.4 Å². The highest BCUT2D eigenvalue weighted by molar-refractivity contribution is 9.10. The second kappa shape index (κ2) is 4.63. The average Bonchev–Trinajstić information content (AvgIpc) is 2.54. The van der Waals surface area contributed by atoms with Gasteiger partial charge in [-0.25, -0.2) is 4.98 Å². The summed E-state index contributed by atoms with van der Waals surface area (Å²) in [5.74, 6) is 1.59. The Bertz CT molecular complexity index is 443. The van der Waals surface area contributed by atoms with Crippen LogP contribution >= 0.6 is 27.5 Å². The van der Waals surface area contributed by atoms with Crippen LogP contribution in [0.15, 0.2) is 10.7 Å². The Morgan fingerprint density at radius 2 is 2.47 bits per heavy atom. The molecule has 1 fully saturated rings. The van der Waals surface area contributed by atoms with E-state index in [0.717, 1.165) is 36.3 Å². The fourth-order valence-corrected chi connectivity index (χ4v) is 2.84. The number of nitrogens with one attached hydrogen (secondary N) is 1. The summed E-state index contributed by atoms with van der Waals surface area (Å²) in [7, 11) is 0. The molecular weight excluding hydrogens is 305 g/mol. The molecule has 1 aromatic heterocycles. The Labute approximate surface area is 113 Å². The molecule has 6 heteroatoms. The van der Waals surface area contributed by atoms with E-state index in [1.807, 2.05) is 0 Å². The van der Waals surface area contributed by atoms with Crippen molar-refractivity contribution in [1.29, 1.82) is 0 Å². The molecule has 2 aliphatic heterocycles. The lowest BCUT2D eigenvalue weighted by molar-refractivity contribution is 0.303. The average molecular weight is 319 g/mol. The van der Waals surface area contributed by atoms with Gasteiger partial charge >= 0.3 is 0 Å². The standard InChI is InChI=1S/C11H13BrClN3O/c12-8-6-15-11-10(9(8)13)17-4-1-7-5-14-2-3-16(7)11/h6-7,14H,1-5H2/t7-/m0/s1. The summed E-state index contributed by atoms with van der Waals surface area (Å²) in [6, 6.07) is 0.453. The molecule has 2 aliphatic rings. The molecule has 0 aliphatic carbocycles. The zero-order valence-corrected chi connectivity index (χ0v) is 11.6. The van der Waals surface area contributed by atoms with Crippen LogP contribution in [0, 0.1) is 0 Å². The van der Waals surface area contributed by atoms with Gasteiger partial charge in [0.1, 0.15) is 5.02 Å². The van der Waals surface area contributed by atoms with Gasteiger partial charge in [0, 0.05) is 38.3 Å². The molecule has 92 valence electrons. The maximum atomic E-state index is 6.26. The Kier molecular flexibility index (Phi) is 3.15. The van der Waals surface area contributed by atoms with Gasteiger partial charge < -0.3 is 15.0 Å². The van der Waals surface area contributed by atoms with Gasteiger partial charge in [-0.2, -0.15) is 0 Å². The maximum Gasteiger partial charge on any atom is 0.181 e. The first-order valence-electron chi connectivity index (χ1n) is 5.71. The monoisotopic (exact) mass is 317 g/mol. The zero-order valence-electron chi connectivity index (χ0n) is 9.25. The molecule has 1 N–H and O–H groups in total. The first kappa shape index (κ1) is 11.6. The van der Waals surface area contributed by atoms with Crippen LogP contribution in [-0.4, -0.2) is 37.3 Å². The number of anilines is 1. The van der Waals surface area contributed by atoms with Gasteiger partial charge in [-0.15, -0.1) is 0 Å². The van der Waals surface area contributed by atoms with Crippen molar-refractivity contribution in [3.05, 3.63) is 15.7 Å². The van der Waals surface area contributed by atoms with E-state index in [2.05, 4.69) is 31.1 Å². The van der Waals surface area contributed by atoms with E-state index in [4.69, 9.17) is 16.3 Å². The van der Waals surface area contributed by atoms with E-state index in [-0.39, 0.29) is 0 Å². The molecule has 3 rings (SSSR count). The van der Waals surface area contributed by atoms with Crippen LogP contribution in [0.5, 0.6) is 5.75 Å². The third-order valence-corrected chi connectivity index (χ3v) is 4.44. The molecule has 4 nitrogen and oxygen atoms in total. The number of rotatable bonds is 0. The Balaban J connectivity index is 2.06. The van der Waals surface area contributed by atoms with Crippen LogP contribution in [-0.2, 0) is 0 Å². The molecule has 0 amide bonds. The van der Waals surface area contributed by atoms with Crippen LogP contribution in [0.2, 0.25) is 5.02 Å². The SMILES string of the molecule is Clc1c(Br)cnc2c1OCC[C@H]1CNCCN21. The van der Waals surface area contributed by atoms with E-state index in [9.17, 15) is 0 Å². The van der Waals surface area contributed by atoms with E-state index in [0.29, 0.717) is 23.4 Å². The quantitative estimate of drug-likeness (QED) is 0.794. The van der Waals surface area contributed by atoms with E-state index >= 15 is 0 Å². The summed E-state index contributed by atoms with van der Waals surface area (Å²) in [6.07, 6.45) is 2.74. The Morgan fingerprint density at radius 3 is 3.35 bits per heavy atom. The summed E-state index contributed by atoms with van der Waals surface area (Å²) >= 11 is 9.64. The lowest BCUT2D eigenvalue weighted by atomic mass is 10.1. The van der Waals surface area contributed by atoms with Crippen molar-refractivity contribution in [1.82, 2.24) is 10.3 Å². The number of fused-ring (bicyclic) bond motifs is 3. The third-order valence-electron chi connectivity index (χ3n) is 3.23. The van der Waals surface area contributed by atoms with E-state index < -0.39 is 0 Å². The minimum absolute atomic E-state index is 0.453. The predicted molar refractivity (Wildman–Crippen MR) is 71.1 cm³/mol. The zero-order chi connectivity index (χ0) is 11.8. The molecule has 0 spiro atoms. The van der Waals surface area contributed by atoms with Gasteiger partial charge in [-0.3, -0.25) is 0 Å². The van der Waals surface area contributed by atoms with Crippen molar-refractivity contribution in [3.63, 3.8) is 0 Å². The number of hydrogen-bond acceptors (Lipinski definition) is 4. The second-order valence-electron chi connectivity index (χ2n) is 4.26. The number of piperazine rings is 1. The number of hydrogen-bond donors (Lipinski definition) is 1. The van der Waals surface area contributed by atoms with Crippen molar-refractivity contribution in [3.8, 4) is 5.75 Å². The molecule has 1 saturated heterocycles. The Hall–Kier alpha value is -0.520.